The molecule has 0 aliphatic heterocycles. The zero-order valence-corrected chi connectivity index (χ0v) is 16.9. The first-order valence-electron chi connectivity index (χ1n) is 7.57. The Balaban J connectivity index is 2.21. The van der Waals surface area contributed by atoms with Gasteiger partial charge in [0.05, 0.1) is 17.7 Å². The van der Waals surface area contributed by atoms with Crippen LogP contribution in [0.25, 0.3) is 0 Å². The van der Waals surface area contributed by atoms with Crippen LogP contribution < -0.4 is 15.4 Å². The summed E-state index contributed by atoms with van der Waals surface area (Å²) >= 11 is 8.19. The van der Waals surface area contributed by atoms with E-state index in [1.165, 1.54) is 7.11 Å². The lowest BCUT2D eigenvalue weighted by molar-refractivity contribution is -0.118. The van der Waals surface area contributed by atoms with Crippen molar-refractivity contribution in [3.8, 4) is 5.75 Å². The summed E-state index contributed by atoms with van der Waals surface area (Å²) < 4.78 is 6.06. The molecule has 0 saturated carbocycles. The van der Waals surface area contributed by atoms with Crippen LogP contribution in [-0.2, 0) is 4.79 Å². The summed E-state index contributed by atoms with van der Waals surface area (Å²) in [6, 6.07) is 10.2. The number of carbonyl (C=O) groups is 2. The number of methoxy groups -OCH3 is 1. The molecule has 0 saturated heterocycles. The van der Waals surface area contributed by atoms with Gasteiger partial charge < -0.3 is 15.4 Å². The third-order valence-corrected chi connectivity index (χ3v) is 4.92. The van der Waals surface area contributed by atoms with Gasteiger partial charge in [-0.3, -0.25) is 9.59 Å². The van der Waals surface area contributed by atoms with Gasteiger partial charge in [-0.2, -0.15) is 0 Å². The van der Waals surface area contributed by atoms with E-state index >= 15 is 0 Å². The minimum absolute atomic E-state index is 0.0884. The number of rotatable bonds is 5. The highest BCUT2D eigenvalue weighted by Crippen LogP contribution is 2.29. The first kappa shape index (κ1) is 19.5. The molecule has 2 aromatic carbocycles. The number of carbonyl (C=O) groups excluding carboxylic acids is 2. The van der Waals surface area contributed by atoms with E-state index in [4.69, 9.17) is 16.3 Å². The number of nitrogens with one attached hydrogen (secondary N) is 2. The van der Waals surface area contributed by atoms with Gasteiger partial charge >= 0.3 is 0 Å². The second kappa shape index (κ2) is 8.53. The molecule has 0 unspecified atom stereocenters. The van der Waals surface area contributed by atoms with E-state index < -0.39 is 0 Å². The molecule has 0 fully saturated rings. The molecule has 2 N–H and O–H groups in total. The lowest BCUT2D eigenvalue weighted by Crippen LogP contribution is -2.18. The Labute approximate surface area is 165 Å². The van der Waals surface area contributed by atoms with Gasteiger partial charge in [-0.1, -0.05) is 31.5 Å². The molecule has 0 aromatic heterocycles. The first-order valence-corrected chi connectivity index (χ1v) is 9.02. The van der Waals surface area contributed by atoms with E-state index in [1.807, 2.05) is 13.8 Å². The number of benzene rings is 2. The Kier molecular flexibility index (Phi) is 6.66. The van der Waals surface area contributed by atoms with Gasteiger partial charge in [-0.15, -0.1) is 0 Å². The van der Waals surface area contributed by atoms with Crippen molar-refractivity contribution < 1.29 is 14.3 Å². The molecule has 25 heavy (non-hydrogen) atoms. The summed E-state index contributed by atoms with van der Waals surface area (Å²) in [7, 11) is 1.50. The van der Waals surface area contributed by atoms with Crippen molar-refractivity contribution in [2.45, 2.75) is 13.8 Å². The zero-order chi connectivity index (χ0) is 18.6. The van der Waals surface area contributed by atoms with Gasteiger partial charge in [0.25, 0.3) is 5.91 Å². The Morgan fingerprint density at radius 2 is 1.76 bits per heavy atom. The minimum atomic E-state index is -0.345. The molecule has 2 rings (SSSR count). The number of amides is 2. The summed E-state index contributed by atoms with van der Waals surface area (Å²) in [5, 5.41) is 6.06. The average Bonchev–Trinajstić information content (AvgIpc) is 2.57. The maximum atomic E-state index is 12.6. The highest BCUT2D eigenvalue weighted by molar-refractivity contribution is 14.1. The van der Waals surface area contributed by atoms with E-state index in [0.29, 0.717) is 27.7 Å². The third kappa shape index (κ3) is 5.09. The molecule has 5 nitrogen and oxygen atoms in total. The standard InChI is InChI=1S/C18H18ClIN2O3/c1-10(2)17(23)21-11-5-4-6-12(7-11)22-18(24)13-8-14(19)15(20)9-16(13)25-3/h4-10H,1-3H3,(H,21,23)(H,22,24). The van der Waals surface area contributed by atoms with Gasteiger partial charge in [0.1, 0.15) is 5.75 Å². The lowest BCUT2D eigenvalue weighted by atomic mass is 10.1. The molecule has 0 aliphatic carbocycles. The lowest BCUT2D eigenvalue weighted by Gasteiger charge is -2.12. The highest BCUT2D eigenvalue weighted by atomic mass is 127. The maximum absolute atomic E-state index is 12.6. The molecule has 0 spiro atoms. The van der Waals surface area contributed by atoms with Crippen LogP contribution in [0.5, 0.6) is 5.75 Å². The van der Waals surface area contributed by atoms with Crippen LogP contribution in [-0.4, -0.2) is 18.9 Å². The molecular formula is C18H18ClIN2O3. The predicted octanol–water partition coefficient (Wildman–Crippen LogP) is 4.80. The first-order chi connectivity index (χ1) is 11.8. The normalized spacial score (nSPS) is 10.5. The van der Waals surface area contributed by atoms with E-state index in [1.54, 1.807) is 36.4 Å². The number of hydrogen-bond acceptors (Lipinski definition) is 3. The fourth-order valence-corrected chi connectivity index (χ4v) is 2.64. The largest absolute Gasteiger partial charge is 0.496 e. The van der Waals surface area contributed by atoms with E-state index in [0.717, 1.165) is 3.57 Å². The Morgan fingerprint density at radius 1 is 1.12 bits per heavy atom. The van der Waals surface area contributed by atoms with Gasteiger partial charge in [-0.25, -0.2) is 0 Å². The van der Waals surface area contributed by atoms with Gasteiger partial charge in [0.2, 0.25) is 5.91 Å². The van der Waals surface area contributed by atoms with Crippen LogP contribution in [0.4, 0.5) is 11.4 Å². The van der Waals surface area contributed by atoms with Crippen LogP contribution >= 0.6 is 34.2 Å². The predicted molar refractivity (Wildman–Crippen MR) is 109 cm³/mol. The highest BCUT2D eigenvalue weighted by Gasteiger charge is 2.16. The van der Waals surface area contributed by atoms with Crippen molar-refractivity contribution in [2.75, 3.05) is 17.7 Å². The number of ether oxygens (including phenoxy) is 1. The molecule has 0 radical (unpaired) electrons. The van der Waals surface area contributed by atoms with Gasteiger partial charge in [0.15, 0.2) is 0 Å². The monoisotopic (exact) mass is 472 g/mol. The Bertz CT molecular complexity index is 809. The fourth-order valence-electron chi connectivity index (χ4n) is 2.03. The van der Waals surface area contributed by atoms with Crippen LogP contribution in [0.1, 0.15) is 24.2 Å². The van der Waals surface area contributed by atoms with E-state index in [-0.39, 0.29) is 17.7 Å². The summed E-state index contributed by atoms with van der Waals surface area (Å²) in [5.74, 6) is -0.121. The molecule has 0 atom stereocenters. The van der Waals surface area contributed by atoms with Crippen molar-refractivity contribution in [1.82, 2.24) is 0 Å². The quantitative estimate of drug-likeness (QED) is 0.614. The zero-order valence-electron chi connectivity index (χ0n) is 14.0. The molecule has 0 heterocycles. The summed E-state index contributed by atoms with van der Waals surface area (Å²) in [4.78, 5) is 24.3. The SMILES string of the molecule is COc1cc(I)c(Cl)cc1C(=O)Nc1cccc(NC(=O)C(C)C)c1. The second-order valence-corrected chi connectivity index (χ2v) is 7.21. The van der Waals surface area contributed by atoms with Crippen molar-refractivity contribution >= 4 is 57.4 Å². The molecule has 0 aliphatic rings. The van der Waals surface area contributed by atoms with E-state index in [2.05, 4.69) is 33.2 Å². The smallest absolute Gasteiger partial charge is 0.259 e. The average molecular weight is 473 g/mol. The number of halogens is 2. The summed E-state index contributed by atoms with van der Waals surface area (Å²) in [5.41, 5.74) is 1.51. The van der Waals surface area contributed by atoms with Crippen LogP contribution in [0.2, 0.25) is 5.02 Å². The molecule has 132 valence electrons. The number of anilines is 2. The van der Waals surface area contributed by atoms with Crippen LogP contribution in [0, 0.1) is 9.49 Å². The topological polar surface area (TPSA) is 67.4 Å². The molecule has 7 heteroatoms. The minimum Gasteiger partial charge on any atom is -0.496 e. The van der Waals surface area contributed by atoms with Crippen LogP contribution in [0.15, 0.2) is 36.4 Å². The third-order valence-electron chi connectivity index (χ3n) is 3.40. The van der Waals surface area contributed by atoms with Gasteiger partial charge in [-0.05, 0) is 52.9 Å². The van der Waals surface area contributed by atoms with Crippen molar-refractivity contribution in [3.63, 3.8) is 0 Å². The van der Waals surface area contributed by atoms with Crippen molar-refractivity contribution in [1.29, 1.82) is 0 Å². The summed E-state index contributed by atoms with van der Waals surface area (Å²) in [6.45, 7) is 3.63. The fraction of sp³-hybridized carbons (Fsp3) is 0.222. The number of hydrogen-bond donors (Lipinski definition) is 2. The van der Waals surface area contributed by atoms with E-state index in [9.17, 15) is 9.59 Å². The molecule has 2 aromatic rings. The Morgan fingerprint density at radius 3 is 2.36 bits per heavy atom. The summed E-state index contributed by atoms with van der Waals surface area (Å²) in [6.07, 6.45) is 0. The molecular weight excluding hydrogens is 455 g/mol. The van der Waals surface area contributed by atoms with Crippen molar-refractivity contribution in [3.05, 3.63) is 50.6 Å². The maximum Gasteiger partial charge on any atom is 0.259 e. The molecule has 0 bridgehead atoms. The van der Waals surface area contributed by atoms with Crippen LogP contribution in [0.3, 0.4) is 0 Å². The molecule has 2 amide bonds. The second-order valence-electron chi connectivity index (χ2n) is 5.65. The van der Waals surface area contributed by atoms with Crippen molar-refractivity contribution in [2.24, 2.45) is 5.92 Å². The van der Waals surface area contributed by atoms with Gasteiger partial charge in [0, 0.05) is 20.9 Å². The Hall–Kier alpha value is -1.80.